The average molecular weight is 628 g/mol. The number of nitrogens with one attached hydrogen (secondary N) is 3. The molecule has 0 saturated carbocycles. The maximum Gasteiger partial charge on any atom is 0.269 e. The predicted molar refractivity (Wildman–Crippen MR) is 181 cm³/mol. The zero-order valence-electron chi connectivity index (χ0n) is 25.0. The summed E-state index contributed by atoms with van der Waals surface area (Å²) in [7, 11) is 2.00. The number of nitriles is 1. The summed E-state index contributed by atoms with van der Waals surface area (Å²) in [4.78, 5) is 21.0. The minimum absolute atomic E-state index is 0.0973. The third-order valence-electron chi connectivity index (χ3n) is 7.35. The van der Waals surface area contributed by atoms with Gasteiger partial charge in [-0.2, -0.15) is 5.26 Å². The van der Waals surface area contributed by atoms with E-state index in [0.717, 1.165) is 78.5 Å². The lowest BCUT2D eigenvalue weighted by molar-refractivity contribution is -0.122. The van der Waals surface area contributed by atoms with E-state index in [-0.39, 0.29) is 11.1 Å². The molecule has 2 saturated heterocycles. The number of thioether (sulfide) groups is 2. The number of nitrogens with zero attached hydrogens (tertiary/aromatic N) is 4. The van der Waals surface area contributed by atoms with Gasteiger partial charge >= 0.3 is 0 Å². The standard InChI is InChI=1S/C24H27N5O2S2.C9H10N2/c1-27-19-15-18(26-9-10-28-11-13-31-14-12-28)7-8-20(19)32-23(27)21-22(30)29(24(25)33-21)16-17-5-3-2-4-6-17;1-2-11-9-5-3-8(7-10)4-6-9/h2-8,15,25-26H,9-14,16H2,1H3;3-6,11H,2H2,1H3/b23-21-,25-24?;. The van der Waals surface area contributed by atoms with Gasteiger partial charge in [-0.15, -0.1) is 0 Å². The van der Waals surface area contributed by atoms with Crippen LogP contribution in [0.3, 0.4) is 0 Å². The lowest BCUT2D eigenvalue weighted by Gasteiger charge is -2.26. The lowest BCUT2D eigenvalue weighted by Crippen LogP contribution is -2.39. The summed E-state index contributed by atoms with van der Waals surface area (Å²) in [5.41, 5.74) is 4.94. The number of amides is 1. The van der Waals surface area contributed by atoms with E-state index in [4.69, 9.17) is 15.4 Å². The van der Waals surface area contributed by atoms with Crippen molar-refractivity contribution in [2.45, 2.75) is 18.4 Å². The maximum atomic E-state index is 13.2. The number of amidine groups is 1. The number of ether oxygens (including phenoxy) is 1. The molecule has 0 unspecified atom stereocenters. The maximum absolute atomic E-state index is 13.2. The molecule has 0 aromatic heterocycles. The Labute approximate surface area is 267 Å². The van der Waals surface area contributed by atoms with Gasteiger partial charge in [-0.05, 0) is 66.7 Å². The van der Waals surface area contributed by atoms with E-state index < -0.39 is 0 Å². The number of morpholine rings is 1. The molecule has 0 aliphatic carbocycles. The Morgan fingerprint density at radius 3 is 2.41 bits per heavy atom. The van der Waals surface area contributed by atoms with Crippen LogP contribution in [-0.2, 0) is 16.1 Å². The van der Waals surface area contributed by atoms with E-state index in [1.54, 1.807) is 28.8 Å². The minimum Gasteiger partial charge on any atom is -0.385 e. The Bertz CT molecular complexity index is 1530. The molecule has 3 N–H and O–H groups in total. The molecule has 0 atom stereocenters. The fourth-order valence-corrected chi connectivity index (χ4v) is 7.14. The van der Waals surface area contributed by atoms with E-state index in [2.05, 4.69) is 44.7 Å². The van der Waals surface area contributed by atoms with Gasteiger partial charge < -0.3 is 20.3 Å². The highest BCUT2D eigenvalue weighted by atomic mass is 32.2. The van der Waals surface area contributed by atoms with Crippen LogP contribution in [-0.4, -0.2) is 73.9 Å². The summed E-state index contributed by atoms with van der Waals surface area (Å²) in [5.74, 6) is -0.0973. The first-order valence-electron chi connectivity index (χ1n) is 14.7. The van der Waals surface area contributed by atoms with Crippen molar-refractivity contribution >= 4 is 51.7 Å². The van der Waals surface area contributed by atoms with Crippen LogP contribution < -0.4 is 15.5 Å². The molecule has 3 aliphatic heterocycles. The highest BCUT2D eigenvalue weighted by Gasteiger charge is 2.38. The van der Waals surface area contributed by atoms with E-state index in [1.165, 1.54) is 11.8 Å². The molecule has 9 nitrogen and oxygen atoms in total. The largest absolute Gasteiger partial charge is 0.385 e. The molecule has 0 radical (unpaired) electrons. The van der Waals surface area contributed by atoms with Gasteiger partial charge in [-0.25, -0.2) is 0 Å². The van der Waals surface area contributed by atoms with Crippen molar-refractivity contribution in [3.8, 4) is 6.07 Å². The fourth-order valence-electron chi connectivity index (χ4n) is 4.96. The van der Waals surface area contributed by atoms with Crippen LogP contribution in [0.2, 0.25) is 0 Å². The van der Waals surface area contributed by atoms with E-state index in [1.807, 2.05) is 56.4 Å². The van der Waals surface area contributed by atoms with Gasteiger partial charge in [0.1, 0.15) is 4.91 Å². The van der Waals surface area contributed by atoms with Crippen molar-refractivity contribution in [2.24, 2.45) is 0 Å². The number of hydrogen-bond acceptors (Lipinski definition) is 10. The molecular weight excluding hydrogens is 591 g/mol. The van der Waals surface area contributed by atoms with Crippen LogP contribution in [0.5, 0.6) is 0 Å². The first-order valence-corrected chi connectivity index (χ1v) is 16.3. The first kappa shape index (κ1) is 31.5. The Hall–Kier alpha value is -3.95. The molecule has 3 heterocycles. The Morgan fingerprint density at radius 1 is 0.977 bits per heavy atom. The molecule has 3 aromatic rings. The van der Waals surface area contributed by atoms with Crippen molar-refractivity contribution in [3.05, 3.63) is 93.9 Å². The Balaban J connectivity index is 0.000000296. The predicted octanol–water partition coefficient (Wildman–Crippen LogP) is 5.84. The third-order valence-corrected chi connectivity index (χ3v) is 9.70. The molecule has 1 amide bonds. The summed E-state index contributed by atoms with van der Waals surface area (Å²) >= 11 is 2.85. The minimum atomic E-state index is -0.0973. The number of anilines is 3. The highest BCUT2D eigenvalue weighted by Crippen LogP contribution is 2.50. The summed E-state index contributed by atoms with van der Waals surface area (Å²) in [6.45, 7) is 8.85. The Morgan fingerprint density at radius 2 is 1.70 bits per heavy atom. The van der Waals surface area contributed by atoms with Gasteiger partial charge in [0, 0.05) is 56.0 Å². The summed E-state index contributed by atoms with van der Waals surface area (Å²) in [6, 6.07) is 25.7. The van der Waals surface area contributed by atoms with E-state index >= 15 is 0 Å². The zero-order chi connectivity index (χ0) is 30.9. The number of benzene rings is 3. The van der Waals surface area contributed by atoms with Crippen LogP contribution in [0.15, 0.2) is 87.6 Å². The first-order chi connectivity index (χ1) is 21.5. The second-order valence-corrected chi connectivity index (χ2v) is 12.4. The molecule has 3 aromatic carbocycles. The highest BCUT2D eigenvalue weighted by molar-refractivity contribution is 8.19. The molecule has 11 heteroatoms. The second-order valence-electron chi connectivity index (χ2n) is 10.4. The lowest BCUT2D eigenvalue weighted by atomic mass is 10.2. The van der Waals surface area contributed by atoms with E-state index in [9.17, 15) is 4.79 Å². The summed E-state index contributed by atoms with van der Waals surface area (Å²) in [5, 5.41) is 24.7. The van der Waals surface area contributed by atoms with Crippen LogP contribution in [0.4, 0.5) is 17.1 Å². The summed E-state index contributed by atoms with van der Waals surface area (Å²) < 4.78 is 5.41. The zero-order valence-corrected chi connectivity index (χ0v) is 26.6. The van der Waals surface area contributed by atoms with Gasteiger partial charge in [0.05, 0.1) is 42.1 Å². The smallest absolute Gasteiger partial charge is 0.269 e. The molecule has 3 aliphatic rings. The van der Waals surface area contributed by atoms with Crippen LogP contribution in [0.25, 0.3) is 0 Å². The molecule has 2 fully saturated rings. The average Bonchev–Trinajstić information content (AvgIpc) is 3.53. The third kappa shape index (κ3) is 7.76. The van der Waals surface area contributed by atoms with Crippen molar-refractivity contribution < 1.29 is 9.53 Å². The van der Waals surface area contributed by atoms with Crippen LogP contribution in [0.1, 0.15) is 18.1 Å². The van der Waals surface area contributed by atoms with Crippen molar-refractivity contribution in [1.82, 2.24) is 9.80 Å². The van der Waals surface area contributed by atoms with Gasteiger partial charge in [0.25, 0.3) is 5.91 Å². The molecule has 228 valence electrons. The number of fused-ring (bicyclic) bond motifs is 1. The molecular formula is C33H37N7O2S2. The normalized spacial score (nSPS) is 18.0. The number of carbonyl (C=O) groups is 1. The van der Waals surface area contributed by atoms with Gasteiger partial charge in [-0.3, -0.25) is 20.0 Å². The fraction of sp³-hybridized carbons (Fsp3) is 0.303. The Kier molecular flexibility index (Phi) is 10.9. The van der Waals surface area contributed by atoms with Gasteiger partial charge in [0.2, 0.25) is 0 Å². The van der Waals surface area contributed by atoms with Crippen molar-refractivity contribution in [3.63, 3.8) is 0 Å². The number of carbonyl (C=O) groups excluding carboxylic acids is 1. The number of hydrogen-bond donors (Lipinski definition) is 3. The van der Waals surface area contributed by atoms with Gasteiger partial charge in [0.15, 0.2) is 5.17 Å². The molecule has 44 heavy (non-hydrogen) atoms. The van der Waals surface area contributed by atoms with Crippen molar-refractivity contribution in [1.29, 1.82) is 10.7 Å². The van der Waals surface area contributed by atoms with Crippen LogP contribution in [0, 0.1) is 16.7 Å². The summed E-state index contributed by atoms with van der Waals surface area (Å²) in [6.07, 6.45) is 0. The topological polar surface area (TPSA) is 108 Å². The van der Waals surface area contributed by atoms with Crippen molar-refractivity contribution in [2.75, 3.05) is 68.5 Å². The monoisotopic (exact) mass is 627 g/mol. The van der Waals surface area contributed by atoms with Crippen LogP contribution >= 0.6 is 23.5 Å². The number of rotatable bonds is 8. The second kappa shape index (κ2) is 15.2. The van der Waals surface area contributed by atoms with E-state index in [0.29, 0.717) is 17.0 Å². The van der Waals surface area contributed by atoms with Gasteiger partial charge in [-0.1, -0.05) is 42.1 Å². The SMILES string of the molecule is CCNc1ccc(C#N)cc1.CN1/C(=C2/SC(=N)N(Cc3ccccc3)C2=O)Sc2ccc(NCCN3CCOCC3)cc21. The quantitative estimate of drug-likeness (QED) is 0.266. The molecule has 6 rings (SSSR count). The molecule has 0 bridgehead atoms. The molecule has 0 spiro atoms.